The highest BCUT2D eigenvalue weighted by Crippen LogP contribution is 2.38. The molecule has 2 aromatic carbocycles. The van der Waals surface area contributed by atoms with Crippen molar-refractivity contribution >= 4 is 17.3 Å². The van der Waals surface area contributed by atoms with Gasteiger partial charge in [-0.15, -0.1) is 16.4 Å². The summed E-state index contributed by atoms with van der Waals surface area (Å²) in [6.07, 6.45) is 0. The Labute approximate surface area is 146 Å². The number of hydrogen-bond donors (Lipinski definition) is 2. The molecule has 122 valence electrons. The predicted octanol–water partition coefficient (Wildman–Crippen LogP) is 3.96. The first-order chi connectivity index (χ1) is 12.2. The molecule has 0 fully saturated rings. The van der Waals surface area contributed by atoms with E-state index in [1.165, 1.54) is 11.3 Å². The van der Waals surface area contributed by atoms with E-state index in [-0.39, 0.29) is 4.88 Å². The van der Waals surface area contributed by atoms with Crippen LogP contribution < -0.4 is 0 Å². The Kier molecular flexibility index (Phi) is 3.83. The largest absolute Gasteiger partial charge is 0.477 e. The Morgan fingerprint density at radius 2 is 1.64 bits per heavy atom. The van der Waals surface area contributed by atoms with E-state index in [2.05, 4.69) is 20.6 Å². The van der Waals surface area contributed by atoms with E-state index in [0.717, 1.165) is 21.6 Å². The van der Waals surface area contributed by atoms with Gasteiger partial charge in [0.25, 0.3) is 0 Å². The average molecular weight is 348 g/mol. The Morgan fingerprint density at radius 3 is 2.28 bits per heavy atom. The fourth-order valence-corrected chi connectivity index (χ4v) is 3.61. The third-order valence-electron chi connectivity index (χ3n) is 3.80. The molecule has 0 saturated carbocycles. The smallest absolute Gasteiger partial charge is 0.345 e. The van der Waals surface area contributed by atoms with Gasteiger partial charge in [0.15, 0.2) is 5.82 Å². The summed E-state index contributed by atoms with van der Waals surface area (Å²) in [4.78, 5) is 12.4. The van der Waals surface area contributed by atoms with Gasteiger partial charge in [-0.1, -0.05) is 54.6 Å². The molecule has 2 heterocycles. The van der Waals surface area contributed by atoms with Crippen molar-refractivity contribution in [3.8, 4) is 33.0 Å². The number of aromatic nitrogens is 4. The van der Waals surface area contributed by atoms with Crippen LogP contribution in [0.25, 0.3) is 33.0 Å². The molecule has 0 atom stereocenters. The fraction of sp³-hybridized carbons (Fsp3) is 0. The highest BCUT2D eigenvalue weighted by molar-refractivity contribution is 7.18. The number of carbonyl (C=O) groups is 1. The van der Waals surface area contributed by atoms with Gasteiger partial charge in [0.2, 0.25) is 0 Å². The summed E-state index contributed by atoms with van der Waals surface area (Å²) in [5.41, 5.74) is 3.83. The summed E-state index contributed by atoms with van der Waals surface area (Å²) in [5.74, 6) is -0.517. The van der Waals surface area contributed by atoms with Gasteiger partial charge in [-0.25, -0.2) is 9.89 Å². The second-order valence-electron chi connectivity index (χ2n) is 5.35. The number of aromatic carboxylic acids is 1. The van der Waals surface area contributed by atoms with Crippen LogP contribution in [0.4, 0.5) is 0 Å². The molecule has 0 saturated heterocycles. The summed E-state index contributed by atoms with van der Waals surface area (Å²) in [6, 6.07) is 19.7. The lowest BCUT2D eigenvalue weighted by Crippen LogP contribution is -1.90. The molecule has 6 nitrogen and oxygen atoms in total. The standard InChI is InChI=1S/C18H12N4O2S/c23-18(24)15-10-14(17-19-21-22-20-17)16(25-15)13-8-6-12(7-9-13)11-4-2-1-3-5-11/h1-10H,(H,23,24)(H,19,20,21,22). The van der Waals surface area contributed by atoms with Crippen LogP contribution in [-0.4, -0.2) is 31.7 Å². The normalized spacial score (nSPS) is 10.7. The van der Waals surface area contributed by atoms with Crippen molar-refractivity contribution in [2.45, 2.75) is 0 Å². The number of carboxylic acids is 1. The third-order valence-corrected chi connectivity index (χ3v) is 4.97. The molecule has 2 aromatic heterocycles. The van der Waals surface area contributed by atoms with Crippen LogP contribution in [0.3, 0.4) is 0 Å². The van der Waals surface area contributed by atoms with Gasteiger partial charge in [0.1, 0.15) is 4.88 Å². The highest BCUT2D eigenvalue weighted by Gasteiger charge is 2.18. The zero-order valence-corrected chi connectivity index (χ0v) is 13.7. The minimum Gasteiger partial charge on any atom is -0.477 e. The summed E-state index contributed by atoms with van der Waals surface area (Å²) in [7, 11) is 0. The monoisotopic (exact) mass is 348 g/mol. The van der Waals surface area contributed by atoms with Gasteiger partial charge >= 0.3 is 5.97 Å². The van der Waals surface area contributed by atoms with Crippen LogP contribution in [0.1, 0.15) is 9.67 Å². The Morgan fingerprint density at radius 1 is 0.960 bits per heavy atom. The maximum absolute atomic E-state index is 11.4. The van der Waals surface area contributed by atoms with Gasteiger partial charge in [0, 0.05) is 10.4 Å². The summed E-state index contributed by atoms with van der Waals surface area (Å²) in [6.45, 7) is 0. The molecule has 2 N–H and O–H groups in total. The molecule has 0 amide bonds. The molecule has 25 heavy (non-hydrogen) atoms. The number of thiophene rings is 1. The molecule has 7 heteroatoms. The minimum absolute atomic E-state index is 0.244. The lowest BCUT2D eigenvalue weighted by molar-refractivity contribution is 0.0702. The van der Waals surface area contributed by atoms with Gasteiger partial charge in [-0.05, 0) is 33.2 Å². The number of carboxylic acid groups (broad SMARTS) is 1. The van der Waals surface area contributed by atoms with Gasteiger partial charge in [-0.2, -0.15) is 0 Å². The van der Waals surface area contributed by atoms with Crippen LogP contribution in [0.2, 0.25) is 0 Å². The van der Waals surface area contributed by atoms with Gasteiger partial charge in [-0.3, -0.25) is 0 Å². The second-order valence-corrected chi connectivity index (χ2v) is 6.40. The summed E-state index contributed by atoms with van der Waals surface area (Å²) < 4.78 is 0. The molecular formula is C18H12N4O2S. The molecule has 0 aliphatic carbocycles. The van der Waals surface area contributed by atoms with Crippen LogP contribution in [0.15, 0.2) is 60.7 Å². The minimum atomic E-state index is -0.967. The first kappa shape index (κ1) is 15.2. The molecule has 0 spiro atoms. The van der Waals surface area contributed by atoms with E-state index in [1.807, 2.05) is 54.6 Å². The summed E-state index contributed by atoms with van der Waals surface area (Å²) >= 11 is 1.21. The Balaban J connectivity index is 1.78. The lowest BCUT2D eigenvalue weighted by atomic mass is 10.0. The van der Waals surface area contributed by atoms with E-state index in [9.17, 15) is 9.90 Å². The van der Waals surface area contributed by atoms with Gasteiger partial charge in [0.05, 0.1) is 0 Å². The number of nitrogens with zero attached hydrogens (tertiary/aromatic N) is 3. The third kappa shape index (κ3) is 2.92. The molecule has 4 aromatic rings. The maximum Gasteiger partial charge on any atom is 0.345 e. The number of hydrogen-bond acceptors (Lipinski definition) is 5. The molecule has 0 unspecified atom stereocenters. The van der Waals surface area contributed by atoms with Gasteiger partial charge < -0.3 is 5.11 Å². The van der Waals surface area contributed by atoms with Crippen molar-refractivity contribution in [2.24, 2.45) is 0 Å². The molecular weight excluding hydrogens is 336 g/mol. The zero-order chi connectivity index (χ0) is 17.2. The van der Waals surface area contributed by atoms with Crippen molar-refractivity contribution in [3.63, 3.8) is 0 Å². The number of benzene rings is 2. The van der Waals surface area contributed by atoms with Crippen LogP contribution in [0, 0.1) is 0 Å². The Bertz CT molecular complexity index is 1010. The van der Waals surface area contributed by atoms with Crippen molar-refractivity contribution in [2.75, 3.05) is 0 Å². The highest BCUT2D eigenvalue weighted by atomic mass is 32.1. The first-order valence-corrected chi connectivity index (χ1v) is 8.31. The van der Waals surface area contributed by atoms with Crippen molar-refractivity contribution in [1.82, 2.24) is 20.6 Å². The van der Waals surface area contributed by atoms with Crippen molar-refractivity contribution in [1.29, 1.82) is 0 Å². The lowest BCUT2D eigenvalue weighted by Gasteiger charge is -2.04. The van der Waals surface area contributed by atoms with E-state index >= 15 is 0 Å². The van der Waals surface area contributed by atoms with E-state index in [0.29, 0.717) is 11.4 Å². The molecule has 0 aliphatic rings. The maximum atomic E-state index is 11.4. The first-order valence-electron chi connectivity index (χ1n) is 7.49. The molecule has 0 radical (unpaired) electrons. The van der Waals surface area contributed by atoms with E-state index in [1.54, 1.807) is 6.07 Å². The van der Waals surface area contributed by atoms with Crippen molar-refractivity contribution < 1.29 is 9.90 Å². The average Bonchev–Trinajstić information content (AvgIpc) is 3.32. The van der Waals surface area contributed by atoms with E-state index in [4.69, 9.17) is 0 Å². The Hall–Kier alpha value is -3.32. The fourth-order valence-electron chi connectivity index (χ4n) is 2.60. The molecule has 0 aliphatic heterocycles. The number of nitrogens with one attached hydrogen (secondary N) is 1. The SMILES string of the molecule is O=C(O)c1cc(-c2nnn[nH]2)c(-c2ccc(-c3ccccc3)cc2)s1. The number of rotatable bonds is 4. The topological polar surface area (TPSA) is 91.8 Å². The number of H-pyrrole nitrogens is 1. The van der Waals surface area contributed by atoms with Crippen LogP contribution in [-0.2, 0) is 0 Å². The molecule has 4 rings (SSSR count). The van der Waals surface area contributed by atoms with Crippen molar-refractivity contribution in [3.05, 3.63) is 65.5 Å². The molecule has 0 bridgehead atoms. The second kappa shape index (κ2) is 6.29. The summed E-state index contributed by atoms with van der Waals surface area (Å²) in [5, 5.41) is 23.1. The van der Waals surface area contributed by atoms with Crippen LogP contribution >= 0.6 is 11.3 Å². The number of tetrazole rings is 1. The predicted molar refractivity (Wildman–Crippen MR) is 95.3 cm³/mol. The van der Waals surface area contributed by atoms with Crippen LogP contribution in [0.5, 0.6) is 0 Å². The zero-order valence-electron chi connectivity index (χ0n) is 12.9. The number of aromatic amines is 1. The quantitative estimate of drug-likeness (QED) is 0.582. The van der Waals surface area contributed by atoms with E-state index < -0.39 is 5.97 Å².